The first kappa shape index (κ1) is 13.2. The number of carbonyl (C=O) groups excluding carboxylic acids is 1. The molecule has 1 aromatic carbocycles. The lowest BCUT2D eigenvalue weighted by molar-refractivity contribution is 0.237. The molecule has 2 heterocycles. The molecule has 0 fully saturated rings. The molecular weight excluding hydrogens is 268 g/mol. The highest BCUT2D eigenvalue weighted by Crippen LogP contribution is 2.23. The van der Waals surface area contributed by atoms with Crippen molar-refractivity contribution in [2.24, 2.45) is 0 Å². The Bertz CT molecular complexity index is 732. The Morgan fingerprint density at radius 1 is 1.19 bits per heavy atom. The van der Waals surface area contributed by atoms with E-state index in [0.717, 1.165) is 28.8 Å². The number of hydrogen-bond acceptors (Lipinski definition) is 5. The van der Waals surface area contributed by atoms with E-state index >= 15 is 0 Å². The lowest BCUT2D eigenvalue weighted by Crippen LogP contribution is -2.22. The van der Waals surface area contributed by atoms with Crippen molar-refractivity contribution in [3.05, 3.63) is 48.4 Å². The van der Waals surface area contributed by atoms with Crippen LogP contribution in [0.3, 0.4) is 0 Å². The summed E-state index contributed by atoms with van der Waals surface area (Å²) in [5.41, 5.74) is 2.41. The number of nitrogens with zero attached hydrogens (tertiary/aromatic N) is 6. The van der Waals surface area contributed by atoms with Crippen molar-refractivity contribution in [3.63, 3.8) is 0 Å². The van der Waals surface area contributed by atoms with Gasteiger partial charge in [0, 0.05) is 5.56 Å². The molecular formula is C14H14N6O. The van der Waals surface area contributed by atoms with Gasteiger partial charge in [-0.2, -0.15) is 9.36 Å². The minimum atomic E-state index is -0.402. The quantitative estimate of drug-likeness (QED) is 0.734. The van der Waals surface area contributed by atoms with Crippen molar-refractivity contribution in [3.8, 4) is 11.3 Å². The molecule has 21 heavy (non-hydrogen) atoms. The highest BCUT2D eigenvalue weighted by Gasteiger charge is 2.20. The molecule has 0 atom stereocenters. The van der Waals surface area contributed by atoms with E-state index in [1.165, 1.54) is 17.1 Å². The van der Waals surface area contributed by atoms with Crippen molar-refractivity contribution < 1.29 is 4.79 Å². The summed E-state index contributed by atoms with van der Waals surface area (Å²) in [6.45, 7) is 2.06. The molecule has 3 rings (SSSR count). The van der Waals surface area contributed by atoms with Crippen LogP contribution in [0.1, 0.15) is 19.0 Å². The van der Waals surface area contributed by atoms with Gasteiger partial charge in [-0.1, -0.05) is 54.1 Å². The monoisotopic (exact) mass is 282 g/mol. The number of aryl methyl sites for hydroxylation is 1. The Balaban J connectivity index is 2.11. The van der Waals surface area contributed by atoms with Crippen molar-refractivity contribution in [1.82, 2.24) is 30.0 Å². The van der Waals surface area contributed by atoms with Gasteiger partial charge in [-0.25, -0.2) is 4.79 Å². The van der Waals surface area contributed by atoms with E-state index in [4.69, 9.17) is 0 Å². The van der Waals surface area contributed by atoms with Gasteiger partial charge < -0.3 is 0 Å². The molecule has 0 amide bonds. The average Bonchev–Trinajstić information content (AvgIpc) is 3.17. The van der Waals surface area contributed by atoms with Crippen molar-refractivity contribution in [1.29, 1.82) is 0 Å². The van der Waals surface area contributed by atoms with Crippen molar-refractivity contribution in [2.75, 3.05) is 0 Å². The van der Waals surface area contributed by atoms with Gasteiger partial charge in [0.1, 0.15) is 5.69 Å². The zero-order chi connectivity index (χ0) is 14.7. The number of rotatable bonds is 3. The van der Waals surface area contributed by atoms with E-state index in [1.807, 2.05) is 30.3 Å². The highest BCUT2D eigenvalue weighted by atomic mass is 16.2. The van der Waals surface area contributed by atoms with Gasteiger partial charge in [0.25, 0.3) is 0 Å². The molecule has 0 unspecified atom stereocenters. The van der Waals surface area contributed by atoms with Crippen LogP contribution in [0.4, 0.5) is 4.79 Å². The van der Waals surface area contributed by atoms with Crippen molar-refractivity contribution in [2.45, 2.75) is 19.8 Å². The number of carbonyl (C=O) groups is 1. The van der Waals surface area contributed by atoms with E-state index < -0.39 is 6.03 Å². The summed E-state index contributed by atoms with van der Waals surface area (Å²) in [5.74, 6) is 0. The molecule has 0 spiro atoms. The summed E-state index contributed by atoms with van der Waals surface area (Å²) in [7, 11) is 0. The van der Waals surface area contributed by atoms with Gasteiger partial charge >= 0.3 is 6.03 Å². The molecule has 3 aromatic rings. The second kappa shape index (κ2) is 5.66. The Hall–Kier alpha value is -2.83. The summed E-state index contributed by atoms with van der Waals surface area (Å²) >= 11 is 0. The van der Waals surface area contributed by atoms with Crippen LogP contribution in [0.25, 0.3) is 11.3 Å². The SMILES string of the molecule is CCCc1nnn(C(=O)n2ccnn2)c1-c1ccccc1. The van der Waals surface area contributed by atoms with Crippen LogP contribution >= 0.6 is 0 Å². The standard InChI is InChI=1S/C14H14N6O/c1-2-6-12-13(11-7-4-3-5-8-11)20(18-16-12)14(21)19-10-9-15-17-19/h3-5,7-10H,2,6H2,1H3. The Morgan fingerprint density at radius 2 is 2.00 bits per heavy atom. The second-order valence-electron chi connectivity index (χ2n) is 4.54. The molecule has 2 aromatic heterocycles. The lowest BCUT2D eigenvalue weighted by Gasteiger charge is -2.06. The van der Waals surface area contributed by atoms with E-state index in [9.17, 15) is 4.79 Å². The molecule has 0 radical (unpaired) electrons. The zero-order valence-corrected chi connectivity index (χ0v) is 11.5. The van der Waals surface area contributed by atoms with Crippen LogP contribution < -0.4 is 0 Å². The first-order chi connectivity index (χ1) is 10.3. The fourth-order valence-corrected chi connectivity index (χ4v) is 2.14. The fourth-order valence-electron chi connectivity index (χ4n) is 2.14. The minimum Gasteiger partial charge on any atom is -0.243 e. The molecule has 0 saturated heterocycles. The van der Waals surface area contributed by atoms with Crippen LogP contribution in [0.15, 0.2) is 42.7 Å². The Kier molecular flexibility index (Phi) is 3.55. The van der Waals surface area contributed by atoms with E-state index in [0.29, 0.717) is 5.69 Å². The topological polar surface area (TPSA) is 78.5 Å². The van der Waals surface area contributed by atoms with Gasteiger partial charge in [0.2, 0.25) is 0 Å². The predicted octanol–water partition coefficient (Wildman–Crippen LogP) is 2.01. The van der Waals surface area contributed by atoms with Crippen molar-refractivity contribution >= 4 is 6.03 Å². The molecule has 0 aliphatic rings. The summed E-state index contributed by atoms with van der Waals surface area (Å²) in [5, 5.41) is 15.5. The molecule has 0 aliphatic heterocycles. The third-order valence-electron chi connectivity index (χ3n) is 3.07. The van der Waals surface area contributed by atoms with E-state index in [-0.39, 0.29) is 0 Å². The van der Waals surface area contributed by atoms with Gasteiger partial charge in [-0.15, -0.1) is 10.2 Å². The normalized spacial score (nSPS) is 10.7. The van der Waals surface area contributed by atoms with Crippen LogP contribution in [-0.2, 0) is 6.42 Å². The summed E-state index contributed by atoms with van der Waals surface area (Å²) in [6.07, 6.45) is 4.62. The first-order valence-corrected chi connectivity index (χ1v) is 6.72. The largest absolute Gasteiger partial charge is 0.372 e. The maximum absolute atomic E-state index is 12.4. The number of benzene rings is 1. The summed E-state index contributed by atoms with van der Waals surface area (Å²) in [6, 6.07) is 9.23. The Morgan fingerprint density at radius 3 is 2.67 bits per heavy atom. The smallest absolute Gasteiger partial charge is 0.243 e. The maximum Gasteiger partial charge on any atom is 0.372 e. The zero-order valence-electron chi connectivity index (χ0n) is 11.5. The molecule has 0 aliphatic carbocycles. The van der Waals surface area contributed by atoms with Gasteiger partial charge in [-0.05, 0) is 6.42 Å². The highest BCUT2D eigenvalue weighted by molar-refractivity contribution is 5.83. The molecule has 0 saturated carbocycles. The predicted molar refractivity (Wildman–Crippen MR) is 75.7 cm³/mol. The van der Waals surface area contributed by atoms with Crippen LogP contribution in [0.5, 0.6) is 0 Å². The molecule has 0 N–H and O–H groups in total. The van der Waals surface area contributed by atoms with E-state index in [1.54, 1.807) is 0 Å². The minimum absolute atomic E-state index is 0.402. The third-order valence-corrected chi connectivity index (χ3v) is 3.07. The first-order valence-electron chi connectivity index (χ1n) is 6.72. The molecule has 0 bridgehead atoms. The fraction of sp³-hybridized carbons (Fsp3) is 0.214. The molecule has 7 nitrogen and oxygen atoms in total. The lowest BCUT2D eigenvalue weighted by atomic mass is 10.1. The molecule has 7 heteroatoms. The van der Waals surface area contributed by atoms with E-state index in [2.05, 4.69) is 27.5 Å². The maximum atomic E-state index is 12.4. The van der Waals surface area contributed by atoms with Crippen LogP contribution in [0, 0.1) is 0 Å². The number of aromatic nitrogens is 6. The van der Waals surface area contributed by atoms with Crippen LogP contribution in [-0.4, -0.2) is 36.0 Å². The summed E-state index contributed by atoms with van der Waals surface area (Å²) in [4.78, 5) is 12.4. The summed E-state index contributed by atoms with van der Waals surface area (Å²) < 4.78 is 2.41. The third kappa shape index (κ3) is 2.45. The number of hydrogen-bond donors (Lipinski definition) is 0. The van der Waals surface area contributed by atoms with Crippen LogP contribution in [0.2, 0.25) is 0 Å². The average molecular weight is 282 g/mol. The Labute approximate surface area is 121 Å². The molecule has 106 valence electrons. The van der Waals surface area contributed by atoms with Gasteiger partial charge in [-0.3, -0.25) is 0 Å². The van der Waals surface area contributed by atoms with Gasteiger partial charge in [0.05, 0.1) is 18.1 Å². The second-order valence-corrected chi connectivity index (χ2v) is 4.54. The van der Waals surface area contributed by atoms with Gasteiger partial charge in [0.15, 0.2) is 0 Å².